The molecule has 0 aliphatic heterocycles. The minimum atomic E-state index is 0. The normalized spacial score (nSPS) is 16.3. The van der Waals surface area contributed by atoms with Crippen LogP contribution in [-0.2, 0) is 18.3 Å². The molecule has 0 unspecified atom stereocenters. The molecule has 0 spiro atoms. The number of aliphatic imine (C=N–C) groups is 1. The summed E-state index contributed by atoms with van der Waals surface area (Å²) in [6, 6.07) is 0. The van der Waals surface area contributed by atoms with Crippen LogP contribution in [-0.4, -0.2) is 47.5 Å². The summed E-state index contributed by atoms with van der Waals surface area (Å²) in [7, 11) is 3.72. The number of guanidine groups is 1. The number of nitrogens with zero attached hydrogens (tertiary/aromatic N) is 4. The summed E-state index contributed by atoms with van der Waals surface area (Å²) in [5.41, 5.74) is 0.407. The Hall–Kier alpha value is -0.900. The van der Waals surface area contributed by atoms with Gasteiger partial charge in [0.05, 0.1) is 0 Å². The van der Waals surface area contributed by atoms with Crippen LogP contribution in [0.4, 0.5) is 0 Å². The molecule has 0 amide bonds. The van der Waals surface area contributed by atoms with Gasteiger partial charge in [-0.1, -0.05) is 26.7 Å². The van der Waals surface area contributed by atoms with E-state index in [0.29, 0.717) is 12.0 Å². The van der Waals surface area contributed by atoms with E-state index in [4.69, 9.17) is 9.73 Å². The molecule has 0 atom stereocenters. The van der Waals surface area contributed by atoms with Crippen molar-refractivity contribution in [3.8, 4) is 0 Å². The average Bonchev–Trinajstić information content (AvgIpc) is 3.21. The molecule has 1 aromatic heterocycles. The minimum Gasteiger partial charge on any atom is -0.385 e. The number of hydrogen-bond donors (Lipinski definition) is 2. The highest BCUT2D eigenvalue weighted by molar-refractivity contribution is 14.0. The van der Waals surface area contributed by atoms with Crippen molar-refractivity contribution in [3.63, 3.8) is 0 Å². The number of nitrogens with one attached hydrogen (secondary N) is 2. The molecule has 162 valence electrons. The van der Waals surface area contributed by atoms with Crippen LogP contribution >= 0.6 is 24.0 Å². The first-order valence-electron chi connectivity index (χ1n) is 10.3. The maximum absolute atomic E-state index is 5.15. The van der Waals surface area contributed by atoms with Crippen LogP contribution in [0.5, 0.6) is 0 Å². The summed E-state index contributed by atoms with van der Waals surface area (Å²) in [5.74, 6) is 3.37. The van der Waals surface area contributed by atoms with E-state index >= 15 is 0 Å². The first-order chi connectivity index (χ1) is 13.0. The Balaban J connectivity index is 0.00000392. The van der Waals surface area contributed by atoms with Gasteiger partial charge in [0.15, 0.2) is 11.8 Å². The molecule has 0 saturated heterocycles. The van der Waals surface area contributed by atoms with Crippen LogP contribution in [0.15, 0.2) is 4.99 Å². The van der Waals surface area contributed by atoms with Gasteiger partial charge >= 0.3 is 0 Å². The van der Waals surface area contributed by atoms with Gasteiger partial charge in [-0.05, 0) is 43.9 Å². The molecule has 1 aliphatic carbocycles. The van der Waals surface area contributed by atoms with E-state index in [1.54, 1.807) is 7.11 Å². The number of halogens is 1. The van der Waals surface area contributed by atoms with E-state index < -0.39 is 0 Å². The van der Waals surface area contributed by atoms with Crippen LogP contribution in [0.2, 0.25) is 0 Å². The van der Waals surface area contributed by atoms with Crippen molar-refractivity contribution < 1.29 is 4.74 Å². The molecule has 2 N–H and O–H groups in total. The Morgan fingerprint density at radius 2 is 1.96 bits per heavy atom. The molecular formula is C20H39IN6O. The predicted octanol–water partition coefficient (Wildman–Crippen LogP) is 3.42. The number of hydrogen-bond acceptors (Lipinski definition) is 4. The second kappa shape index (κ2) is 12.6. The summed E-state index contributed by atoms with van der Waals surface area (Å²) < 4.78 is 7.14. The van der Waals surface area contributed by atoms with Crippen molar-refractivity contribution in [2.75, 3.05) is 26.8 Å². The lowest BCUT2D eigenvalue weighted by Gasteiger charge is -2.32. The number of rotatable bonds is 10. The molecule has 1 saturated carbocycles. The van der Waals surface area contributed by atoms with E-state index in [9.17, 15) is 0 Å². The van der Waals surface area contributed by atoms with Gasteiger partial charge in [-0.3, -0.25) is 0 Å². The topological polar surface area (TPSA) is 76.4 Å². The Labute approximate surface area is 187 Å². The fourth-order valence-electron chi connectivity index (χ4n) is 4.05. The highest BCUT2D eigenvalue weighted by Gasteiger charge is 2.34. The van der Waals surface area contributed by atoms with E-state index in [1.807, 2.05) is 18.5 Å². The summed E-state index contributed by atoms with van der Waals surface area (Å²) >= 11 is 0. The largest absolute Gasteiger partial charge is 0.385 e. The van der Waals surface area contributed by atoms with Crippen molar-refractivity contribution in [2.45, 2.75) is 65.8 Å². The van der Waals surface area contributed by atoms with Crippen LogP contribution < -0.4 is 10.6 Å². The van der Waals surface area contributed by atoms with E-state index in [2.05, 4.69) is 34.7 Å². The summed E-state index contributed by atoms with van der Waals surface area (Å²) in [6.07, 6.45) is 7.56. The lowest BCUT2D eigenvalue weighted by molar-refractivity contribution is 0.195. The summed E-state index contributed by atoms with van der Waals surface area (Å²) in [5, 5.41) is 15.4. The SMILES string of the molecule is COCCCNC(=NCc1nnc(C)n1C)NCC1(CC(C)C)CCCC1.I. The van der Waals surface area contributed by atoms with Gasteiger partial charge in [0.25, 0.3) is 0 Å². The zero-order valence-corrected chi connectivity index (χ0v) is 20.6. The minimum absolute atomic E-state index is 0. The fourth-order valence-corrected chi connectivity index (χ4v) is 4.05. The van der Waals surface area contributed by atoms with Gasteiger partial charge in [-0.15, -0.1) is 34.2 Å². The third-order valence-corrected chi connectivity index (χ3v) is 5.52. The molecular weight excluding hydrogens is 467 g/mol. The van der Waals surface area contributed by atoms with Gasteiger partial charge < -0.3 is 19.9 Å². The zero-order valence-electron chi connectivity index (χ0n) is 18.3. The van der Waals surface area contributed by atoms with Gasteiger partial charge in [-0.2, -0.15) is 0 Å². The summed E-state index contributed by atoms with van der Waals surface area (Å²) in [6.45, 7) is 9.71. The molecule has 1 heterocycles. The molecule has 1 fully saturated rings. The maximum Gasteiger partial charge on any atom is 0.191 e. The van der Waals surface area contributed by atoms with Crippen molar-refractivity contribution >= 4 is 29.9 Å². The van der Waals surface area contributed by atoms with Crippen LogP contribution in [0.25, 0.3) is 0 Å². The molecule has 8 heteroatoms. The molecule has 0 aromatic carbocycles. The molecule has 0 bridgehead atoms. The monoisotopic (exact) mass is 506 g/mol. The Morgan fingerprint density at radius 3 is 2.54 bits per heavy atom. The van der Waals surface area contributed by atoms with Crippen LogP contribution in [0, 0.1) is 18.3 Å². The number of aryl methyl sites for hydroxylation is 1. The molecule has 28 heavy (non-hydrogen) atoms. The molecule has 7 nitrogen and oxygen atoms in total. The van der Waals surface area contributed by atoms with Gasteiger partial charge in [-0.25, -0.2) is 4.99 Å². The highest BCUT2D eigenvalue weighted by atomic mass is 127. The fraction of sp³-hybridized carbons (Fsp3) is 0.850. The van der Waals surface area contributed by atoms with Crippen LogP contribution in [0.1, 0.15) is 64.0 Å². The Bertz CT molecular complexity index is 596. The lowest BCUT2D eigenvalue weighted by atomic mass is 9.78. The molecule has 0 radical (unpaired) electrons. The quantitative estimate of drug-likeness (QED) is 0.220. The Morgan fingerprint density at radius 1 is 1.25 bits per heavy atom. The van der Waals surface area contributed by atoms with Gasteiger partial charge in [0, 0.05) is 33.9 Å². The van der Waals surface area contributed by atoms with Gasteiger partial charge in [0.2, 0.25) is 0 Å². The smallest absolute Gasteiger partial charge is 0.191 e. The van der Waals surface area contributed by atoms with E-state index in [1.165, 1.54) is 32.1 Å². The number of aromatic nitrogens is 3. The lowest BCUT2D eigenvalue weighted by Crippen LogP contribution is -2.44. The van der Waals surface area contributed by atoms with Crippen molar-refractivity contribution in [1.29, 1.82) is 0 Å². The zero-order chi connectivity index (χ0) is 19.7. The van der Waals surface area contributed by atoms with E-state index in [0.717, 1.165) is 49.6 Å². The van der Waals surface area contributed by atoms with Crippen molar-refractivity contribution in [2.24, 2.45) is 23.4 Å². The summed E-state index contributed by atoms with van der Waals surface area (Å²) in [4.78, 5) is 4.77. The number of methoxy groups -OCH3 is 1. The first kappa shape index (κ1) is 25.1. The van der Waals surface area contributed by atoms with Gasteiger partial charge in [0.1, 0.15) is 12.4 Å². The third-order valence-electron chi connectivity index (χ3n) is 5.52. The predicted molar refractivity (Wildman–Crippen MR) is 125 cm³/mol. The van der Waals surface area contributed by atoms with Crippen molar-refractivity contribution in [3.05, 3.63) is 11.6 Å². The third kappa shape index (κ3) is 7.85. The van der Waals surface area contributed by atoms with Crippen molar-refractivity contribution in [1.82, 2.24) is 25.4 Å². The number of ether oxygens (including phenoxy) is 1. The Kier molecular flexibility index (Phi) is 11.3. The standard InChI is InChI=1S/C20H38N6O.HI/c1-16(2)13-20(9-6-7-10-20)15-23-19(21-11-8-12-27-5)22-14-18-25-24-17(3)26(18)4;/h16H,6-15H2,1-5H3,(H2,21,22,23);1H. The van der Waals surface area contributed by atoms with E-state index in [-0.39, 0.29) is 24.0 Å². The molecule has 1 aromatic rings. The molecule has 1 aliphatic rings. The second-order valence-electron chi connectivity index (χ2n) is 8.32. The average molecular weight is 506 g/mol. The molecule has 2 rings (SSSR count). The highest BCUT2D eigenvalue weighted by Crippen LogP contribution is 2.42. The first-order valence-corrected chi connectivity index (χ1v) is 10.3. The maximum atomic E-state index is 5.15. The van der Waals surface area contributed by atoms with Crippen LogP contribution in [0.3, 0.4) is 0 Å². The second-order valence-corrected chi connectivity index (χ2v) is 8.32.